The second kappa shape index (κ2) is 4.44. The molecule has 0 aliphatic carbocycles. The van der Waals surface area contributed by atoms with Crippen LogP contribution in [0, 0.1) is 6.92 Å². The van der Waals surface area contributed by atoms with Crippen molar-refractivity contribution in [1.82, 2.24) is 4.98 Å². The molecule has 0 spiro atoms. The lowest BCUT2D eigenvalue weighted by atomic mass is 10.1. The van der Waals surface area contributed by atoms with E-state index in [9.17, 15) is 0 Å². The van der Waals surface area contributed by atoms with Gasteiger partial charge in [-0.3, -0.25) is 0 Å². The SMILES string of the molecule is C=C(O)CCCc1c[nH]c2cc(C)ccc12. The molecular formula is C14H17NO. The van der Waals surface area contributed by atoms with Gasteiger partial charge in [0.25, 0.3) is 0 Å². The highest BCUT2D eigenvalue weighted by Gasteiger charge is 2.03. The minimum absolute atomic E-state index is 0.274. The molecule has 0 saturated heterocycles. The van der Waals surface area contributed by atoms with Gasteiger partial charge >= 0.3 is 0 Å². The zero-order valence-electron chi connectivity index (χ0n) is 9.59. The molecule has 0 amide bonds. The van der Waals surface area contributed by atoms with E-state index in [0.29, 0.717) is 6.42 Å². The average Bonchev–Trinajstić information content (AvgIpc) is 2.60. The monoisotopic (exact) mass is 215 g/mol. The lowest BCUT2D eigenvalue weighted by Crippen LogP contribution is -1.85. The smallest absolute Gasteiger partial charge is 0.0851 e. The molecule has 1 aromatic heterocycles. The fourth-order valence-corrected chi connectivity index (χ4v) is 1.99. The second-order valence-electron chi connectivity index (χ2n) is 4.28. The van der Waals surface area contributed by atoms with Crippen molar-refractivity contribution in [2.75, 3.05) is 0 Å². The van der Waals surface area contributed by atoms with Gasteiger partial charge in [-0.25, -0.2) is 0 Å². The molecule has 2 nitrogen and oxygen atoms in total. The Kier molecular flexibility index (Phi) is 3.00. The van der Waals surface area contributed by atoms with Gasteiger partial charge in [0, 0.05) is 23.5 Å². The molecule has 0 atom stereocenters. The first-order valence-electron chi connectivity index (χ1n) is 5.60. The first-order valence-corrected chi connectivity index (χ1v) is 5.60. The molecule has 2 rings (SSSR count). The van der Waals surface area contributed by atoms with Crippen LogP contribution < -0.4 is 0 Å². The highest BCUT2D eigenvalue weighted by Crippen LogP contribution is 2.21. The third-order valence-electron chi connectivity index (χ3n) is 2.83. The van der Waals surface area contributed by atoms with Gasteiger partial charge in [-0.1, -0.05) is 18.7 Å². The largest absolute Gasteiger partial charge is 0.513 e. The van der Waals surface area contributed by atoms with E-state index in [1.165, 1.54) is 22.0 Å². The third-order valence-corrected chi connectivity index (χ3v) is 2.83. The Morgan fingerprint density at radius 2 is 2.25 bits per heavy atom. The molecule has 1 heterocycles. The van der Waals surface area contributed by atoms with E-state index in [-0.39, 0.29) is 5.76 Å². The molecule has 2 aromatic rings. The van der Waals surface area contributed by atoms with Gasteiger partial charge in [0.1, 0.15) is 0 Å². The number of aryl methyl sites for hydroxylation is 2. The van der Waals surface area contributed by atoms with Crippen molar-refractivity contribution >= 4 is 10.9 Å². The number of aromatic nitrogens is 1. The number of nitrogens with one attached hydrogen (secondary N) is 1. The molecule has 1 aromatic carbocycles. The van der Waals surface area contributed by atoms with Crippen molar-refractivity contribution in [3.05, 3.63) is 47.9 Å². The minimum atomic E-state index is 0.274. The topological polar surface area (TPSA) is 36.0 Å². The fraction of sp³-hybridized carbons (Fsp3) is 0.286. The summed E-state index contributed by atoms with van der Waals surface area (Å²) in [6.45, 7) is 5.59. The number of rotatable bonds is 4. The summed E-state index contributed by atoms with van der Waals surface area (Å²) in [5.41, 5.74) is 3.78. The van der Waals surface area contributed by atoms with E-state index in [4.69, 9.17) is 5.11 Å². The summed E-state index contributed by atoms with van der Waals surface area (Å²) < 4.78 is 0. The van der Waals surface area contributed by atoms with Crippen molar-refractivity contribution in [2.24, 2.45) is 0 Å². The number of aliphatic hydroxyl groups is 1. The van der Waals surface area contributed by atoms with Gasteiger partial charge in [0.05, 0.1) is 5.76 Å². The number of benzene rings is 1. The zero-order valence-corrected chi connectivity index (χ0v) is 9.59. The van der Waals surface area contributed by atoms with Crippen LogP contribution in [0.15, 0.2) is 36.7 Å². The molecule has 84 valence electrons. The van der Waals surface area contributed by atoms with Crippen molar-refractivity contribution in [3.8, 4) is 0 Å². The second-order valence-corrected chi connectivity index (χ2v) is 4.28. The number of aliphatic hydroxyl groups excluding tert-OH is 1. The van der Waals surface area contributed by atoms with Crippen LogP contribution in [0.5, 0.6) is 0 Å². The van der Waals surface area contributed by atoms with E-state index < -0.39 is 0 Å². The van der Waals surface area contributed by atoms with Gasteiger partial charge in [0.15, 0.2) is 0 Å². The van der Waals surface area contributed by atoms with Crippen LogP contribution in [0.25, 0.3) is 10.9 Å². The van der Waals surface area contributed by atoms with Gasteiger partial charge in [-0.05, 0) is 37.0 Å². The normalized spacial score (nSPS) is 10.8. The average molecular weight is 215 g/mol. The highest BCUT2D eigenvalue weighted by atomic mass is 16.3. The van der Waals surface area contributed by atoms with E-state index in [1.54, 1.807) is 0 Å². The summed E-state index contributed by atoms with van der Waals surface area (Å²) in [5.74, 6) is 0.274. The summed E-state index contributed by atoms with van der Waals surface area (Å²) in [4.78, 5) is 3.28. The van der Waals surface area contributed by atoms with E-state index in [2.05, 4.69) is 42.9 Å². The molecule has 0 bridgehead atoms. The van der Waals surface area contributed by atoms with Crippen molar-refractivity contribution in [1.29, 1.82) is 0 Å². The summed E-state index contributed by atoms with van der Waals surface area (Å²) in [5, 5.41) is 10.3. The number of allylic oxidation sites excluding steroid dienone is 1. The van der Waals surface area contributed by atoms with Crippen LogP contribution in [0.4, 0.5) is 0 Å². The molecule has 0 aliphatic rings. The molecule has 2 heteroatoms. The number of hydrogen-bond acceptors (Lipinski definition) is 1. The van der Waals surface area contributed by atoms with Crippen LogP contribution in [0.3, 0.4) is 0 Å². The summed E-state index contributed by atoms with van der Waals surface area (Å²) >= 11 is 0. The first-order chi connectivity index (χ1) is 7.66. The Labute approximate surface area is 95.6 Å². The van der Waals surface area contributed by atoms with E-state index >= 15 is 0 Å². The van der Waals surface area contributed by atoms with Crippen LogP contribution in [0.2, 0.25) is 0 Å². The number of hydrogen-bond donors (Lipinski definition) is 2. The lowest BCUT2D eigenvalue weighted by molar-refractivity contribution is 0.387. The fourth-order valence-electron chi connectivity index (χ4n) is 1.99. The number of fused-ring (bicyclic) bond motifs is 1. The van der Waals surface area contributed by atoms with E-state index in [0.717, 1.165) is 12.8 Å². The summed E-state index contributed by atoms with van der Waals surface area (Å²) in [7, 11) is 0. The van der Waals surface area contributed by atoms with E-state index in [1.807, 2.05) is 0 Å². The zero-order chi connectivity index (χ0) is 11.5. The van der Waals surface area contributed by atoms with Crippen molar-refractivity contribution in [3.63, 3.8) is 0 Å². The van der Waals surface area contributed by atoms with Crippen LogP contribution in [-0.2, 0) is 6.42 Å². The minimum Gasteiger partial charge on any atom is -0.513 e. The quantitative estimate of drug-likeness (QED) is 0.746. The molecule has 0 unspecified atom stereocenters. The van der Waals surface area contributed by atoms with Crippen molar-refractivity contribution < 1.29 is 5.11 Å². The van der Waals surface area contributed by atoms with Gasteiger partial charge in [0.2, 0.25) is 0 Å². The molecule has 0 fully saturated rings. The Bertz CT molecular complexity index is 510. The molecule has 0 radical (unpaired) electrons. The molecule has 16 heavy (non-hydrogen) atoms. The first kappa shape index (κ1) is 10.8. The molecule has 0 saturated carbocycles. The summed E-state index contributed by atoms with van der Waals surface area (Å²) in [6.07, 6.45) is 4.65. The number of aromatic amines is 1. The van der Waals surface area contributed by atoms with Gasteiger partial charge < -0.3 is 10.1 Å². The lowest BCUT2D eigenvalue weighted by Gasteiger charge is -1.99. The number of H-pyrrole nitrogens is 1. The Morgan fingerprint density at radius 1 is 1.44 bits per heavy atom. The van der Waals surface area contributed by atoms with Crippen molar-refractivity contribution in [2.45, 2.75) is 26.2 Å². The third kappa shape index (κ3) is 2.27. The van der Waals surface area contributed by atoms with Gasteiger partial charge in [-0.15, -0.1) is 0 Å². The van der Waals surface area contributed by atoms with Gasteiger partial charge in [-0.2, -0.15) is 0 Å². The Morgan fingerprint density at radius 3 is 3.00 bits per heavy atom. The van der Waals surface area contributed by atoms with Crippen LogP contribution in [-0.4, -0.2) is 10.1 Å². The summed E-state index contributed by atoms with van der Waals surface area (Å²) in [6, 6.07) is 6.44. The highest BCUT2D eigenvalue weighted by molar-refractivity contribution is 5.83. The van der Waals surface area contributed by atoms with Crippen LogP contribution >= 0.6 is 0 Å². The maximum absolute atomic E-state index is 9.03. The van der Waals surface area contributed by atoms with Crippen LogP contribution in [0.1, 0.15) is 24.0 Å². The maximum Gasteiger partial charge on any atom is 0.0851 e. The predicted molar refractivity (Wildman–Crippen MR) is 67.7 cm³/mol. The predicted octanol–water partition coefficient (Wildman–Crippen LogP) is 3.87. The standard InChI is InChI=1S/C14H17NO/c1-10-6-7-13-12(5-3-4-11(2)16)9-15-14(13)8-10/h6-9,15-16H,2-5H2,1H3. The maximum atomic E-state index is 9.03. The molecule has 0 aliphatic heterocycles. The Hall–Kier alpha value is -1.70. The molecule has 2 N–H and O–H groups in total. The molecular weight excluding hydrogens is 198 g/mol. The Balaban J connectivity index is 2.15.